The second kappa shape index (κ2) is 9.37. The molecule has 2 aromatic rings. The van der Waals surface area contributed by atoms with E-state index in [1.807, 2.05) is 0 Å². The van der Waals surface area contributed by atoms with Gasteiger partial charge >= 0.3 is 24.0 Å². The van der Waals surface area contributed by atoms with Crippen molar-refractivity contribution in [1.29, 1.82) is 0 Å². The van der Waals surface area contributed by atoms with Crippen molar-refractivity contribution in [3.05, 3.63) is 59.7 Å². The highest BCUT2D eigenvalue weighted by Crippen LogP contribution is 2.36. The highest BCUT2D eigenvalue weighted by molar-refractivity contribution is 5.99. The lowest BCUT2D eigenvalue weighted by Gasteiger charge is -2.35. The predicted octanol–water partition coefficient (Wildman–Crippen LogP) is 4.38. The lowest BCUT2D eigenvalue weighted by molar-refractivity contribution is -0.204. The van der Waals surface area contributed by atoms with Gasteiger partial charge in [-0.05, 0) is 49.4 Å². The summed E-state index contributed by atoms with van der Waals surface area (Å²) in [5.74, 6) is -2.97. The zero-order valence-electron chi connectivity index (χ0n) is 16.7. The number of ether oxygens (including phenoxy) is 2. The molecule has 0 heterocycles. The van der Waals surface area contributed by atoms with E-state index < -0.39 is 47.7 Å². The third-order valence-electron chi connectivity index (χ3n) is 4.18. The Morgan fingerprint density at radius 3 is 2.09 bits per heavy atom. The molecule has 0 saturated carbocycles. The lowest BCUT2D eigenvalue weighted by Crippen LogP contribution is -2.69. The van der Waals surface area contributed by atoms with E-state index in [0.29, 0.717) is 17.9 Å². The second-order valence-corrected chi connectivity index (χ2v) is 6.35. The van der Waals surface area contributed by atoms with Crippen LogP contribution < -0.4 is 15.4 Å². The monoisotopic (exact) mass is 464 g/mol. The van der Waals surface area contributed by atoms with Gasteiger partial charge < -0.3 is 20.1 Å². The molecule has 0 fully saturated rings. The van der Waals surface area contributed by atoms with Gasteiger partial charge in [0.15, 0.2) is 0 Å². The lowest BCUT2D eigenvalue weighted by atomic mass is 10.1. The standard InChI is InChI=1S/C20H18F6N2O4/c1-3-32-17(30)18(20(24,25)26,27-14-6-4-5-13(11-14)19(21,22)23)28-16(29)12-7-9-15(31-2)10-8-12/h4-11,27H,3H2,1-2H3,(H,28,29)/t18-/m1/s1. The van der Waals surface area contributed by atoms with Crippen LogP contribution in [0.3, 0.4) is 0 Å². The molecule has 0 aliphatic rings. The first kappa shape index (κ1) is 24.8. The number of alkyl halides is 6. The first-order valence-corrected chi connectivity index (χ1v) is 9.00. The predicted molar refractivity (Wildman–Crippen MR) is 101 cm³/mol. The number of nitrogens with one attached hydrogen (secondary N) is 2. The number of anilines is 1. The number of esters is 1. The molecule has 0 radical (unpaired) electrons. The molecule has 0 bridgehead atoms. The fourth-order valence-electron chi connectivity index (χ4n) is 2.60. The van der Waals surface area contributed by atoms with Crippen LogP contribution in [-0.2, 0) is 15.7 Å². The van der Waals surface area contributed by atoms with Crippen LogP contribution in [-0.4, -0.2) is 37.4 Å². The minimum atomic E-state index is -5.50. The molecule has 0 aromatic heterocycles. The maximum absolute atomic E-state index is 14.1. The topological polar surface area (TPSA) is 76.7 Å². The Labute approximate surface area is 178 Å². The molecule has 6 nitrogen and oxygen atoms in total. The van der Waals surface area contributed by atoms with Gasteiger partial charge in [0.2, 0.25) is 0 Å². The number of carbonyl (C=O) groups is 2. The number of halogens is 6. The van der Waals surface area contributed by atoms with E-state index >= 15 is 0 Å². The Bertz CT molecular complexity index is 960. The van der Waals surface area contributed by atoms with Gasteiger partial charge in [0.1, 0.15) is 5.75 Å². The van der Waals surface area contributed by atoms with Gasteiger partial charge in [-0.3, -0.25) is 4.79 Å². The molecule has 12 heteroatoms. The smallest absolute Gasteiger partial charge is 0.441 e. The van der Waals surface area contributed by atoms with Crippen LogP contribution >= 0.6 is 0 Å². The molecule has 32 heavy (non-hydrogen) atoms. The molecule has 2 aromatic carbocycles. The Kier molecular flexibility index (Phi) is 7.27. The quantitative estimate of drug-likeness (QED) is 0.362. The van der Waals surface area contributed by atoms with Crippen molar-refractivity contribution in [3.63, 3.8) is 0 Å². The molecule has 0 saturated heterocycles. The summed E-state index contributed by atoms with van der Waals surface area (Å²) < 4.78 is 90.8. The first-order valence-electron chi connectivity index (χ1n) is 9.00. The molecular formula is C20H18F6N2O4. The van der Waals surface area contributed by atoms with Gasteiger partial charge in [-0.1, -0.05) is 6.07 Å². The summed E-state index contributed by atoms with van der Waals surface area (Å²) in [7, 11) is 1.34. The van der Waals surface area contributed by atoms with Gasteiger partial charge in [-0.25, -0.2) is 4.79 Å². The molecule has 2 rings (SSSR count). The van der Waals surface area contributed by atoms with Crippen molar-refractivity contribution in [1.82, 2.24) is 5.32 Å². The highest BCUT2D eigenvalue weighted by Gasteiger charge is 2.63. The number of hydrogen-bond acceptors (Lipinski definition) is 5. The Hall–Kier alpha value is -3.44. The summed E-state index contributed by atoms with van der Waals surface area (Å²) in [5.41, 5.74) is -6.12. The molecule has 1 amide bonds. The van der Waals surface area contributed by atoms with E-state index in [1.54, 1.807) is 10.6 Å². The molecule has 0 spiro atoms. The minimum Gasteiger partial charge on any atom is -0.497 e. The van der Waals surface area contributed by atoms with E-state index in [4.69, 9.17) is 4.74 Å². The largest absolute Gasteiger partial charge is 0.497 e. The fraction of sp³-hybridized carbons (Fsp3) is 0.300. The normalized spacial score (nSPS) is 13.6. The van der Waals surface area contributed by atoms with E-state index in [2.05, 4.69) is 4.74 Å². The van der Waals surface area contributed by atoms with E-state index in [-0.39, 0.29) is 5.56 Å². The van der Waals surface area contributed by atoms with Crippen molar-refractivity contribution in [2.45, 2.75) is 24.9 Å². The summed E-state index contributed by atoms with van der Waals surface area (Å²) in [4.78, 5) is 25.0. The SMILES string of the molecule is CCOC(=O)[C@](NC(=O)c1ccc(OC)cc1)(Nc1cccc(C(F)(F)F)c1)C(F)(F)F. The summed E-state index contributed by atoms with van der Waals surface area (Å²) in [6.45, 7) is 0.744. The number of rotatable bonds is 7. The summed E-state index contributed by atoms with van der Waals surface area (Å²) in [6, 6.07) is 7.64. The maximum Gasteiger partial charge on any atom is 0.441 e. The van der Waals surface area contributed by atoms with Crippen LogP contribution in [0, 0.1) is 0 Å². The zero-order chi connectivity index (χ0) is 24.2. The van der Waals surface area contributed by atoms with Crippen LogP contribution in [0.2, 0.25) is 0 Å². The number of amides is 1. The minimum absolute atomic E-state index is 0.269. The van der Waals surface area contributed by atoms with E-state index in [9.17, 15) is 35.9 Å². The van der Waals surface area contributed by atoms with Gasteiger partial charge in [-0.2, -0.15) is 26.3 Å². The number of benzene rings is 2. The first-order chi connectivity index (χ1) is 14.8. The third kappa shape index (κ3) is 5.42. The van der Waals surface area contributed by atoms with Gasteiger partial charge in [-0.15, -0.1) is 0 Å². The second-order valence-electron chi connectivity index (χ2n) is 6.35. The van der Waals surface area contributed by atoms with Crippen molar-refractivity contribution >= 4 is 17.6 Å². The number of hydrogen-bond donors (Lipinski definition) is 2. The number of methoxy groups -OCH3 is 1. The van der Waals surface area contributed by atoms with Crippen LogP contribution in [0.5, 0.6) is 5.75 Å². The van der Waals surface area contributed by atoms with Crippen LogP contribution in [0.25, 0.3) is 0 Å². The Morgan fingerprint density at radius 2 is 1.59 bits per heavy atom. The van der Waals surface area contributed by atoms with Crippen molar-refractivity contribution < 1.29 is 45.4 Å². The van der Waals surface area contributed by atoms with Crippen LogP contribution in [0.4, 0.5) is 32.0 Å². The summed E-state index contributed by atoms with van der Waals surface area (Å²) in [5, 5.41) is 3.24. The average molecular weight is 464 g/mol. The zero-order valence-corrected chi connectivity index (χ0v) is 16.7. The molecular weight excluding hydrogens is 446 g/mol. The molecule has 0 aliphatic heterocycles. The maximum atomic E-state index is 14.1. The molecule has 2 N–H and O–H groups in total. The molecule has 0 aliphatic carbocycles. The van der Waals surface area contributed by atoms with Crippen LogP contribution in [0.1, 0.15) is 22.8 Å². The van der Waals surface area contributed by atoms with Crippen LogP contribution in [0.15, 0.2) is 48.5 Å². The highest BCUT2D eigenvalue weighted by atomic mass is 19.4. The third-order valence-corrected chi connectivity index (χ3v) is 4.18. The van der Waals surface area contributed by atoms with Crippen molar-refractivity contribution in [3.8, 4) is 5.75 Å². The Balaban J connectivity index is 2.53. The summed E-state index contributed by atoms with van der Waals surface area (Å²) in [6.07, 6.45) is -10.4. The fourth-order valence-corrected chi connectivity index (χ4v) is 2.60. The van der Waals surface area contributed by atoms with Gasteiger partial charge in [0, 0.05) is 11.3 Å². The summed E-state index contributed by atoms with van der Waals surface area (Å²) >= 11 is 0. The van der Waals surface area contributed by atoms with Gasteiger partial charge in [0.25, 0.3) is 5.91 Å². The number of carbonyl (C=O) groups excluding carboxylic acids is 2. The van der Waals surface area contributed by atoms with E-state index in [1.165, 1.54) is 26.2 Å². The van der Waals surface area contributed by atoms with Gasteiger partial charge in [0.05, 0.1) is 19.3 Å². The molecule has 1 atom stereocenters. The van der Waals surface area contributed by atoms with Crippen molar-refractivity contribution in [2.24, 2.45) is 0 Å². The molecule has 174 valence electrons. The Morgan fingerprint density at radius 1 is 0.969 bits per heavy atom. The molecule has 0 unspecified atom stereocenters. The van der Waals surface area contributed by atoms with E-state index in [0.717, 1.165) is 24.3 Å². The average Bonchev–Trinajstić information content (AvgIpc) is 2.72. The van der Waals surface area contributed by atoms with Crippen molar-refractivity contribution in [2.75, 3.05) is 19.0 Å².